The summed E-state index contributed by atoms with van der Waals surface area (Å²) in [6.07, 6.45) is 0. The van der Waals surface area contributed by atoms with Gasteiger partial charge in [-0.1, -0.05) is 0 Å². The Morgan fingerprint density at radius 1 is 0.636 bits per heavy atom. The second-order valence-electron chi connectivity index (χ2n) is 1.03. The Kier molecular flexibility index (Phi) is 11.7. The summed E-state index contributed by atoms with van der Waals surface area (Å²) in [5.74, 6) is 0. The standard InChI is InChI=1S/Co.2H3O3PS/c;2*1-4(2,3)5/h;2*(H3,1,2,3,5). The van der Waals surface area contributed by atoms with E-state index < -0.39 is 13.4 Å². The smallest absolute Gasteiger partial charge is 0.319 e. The van der Waals surface area contributed by atoms with Crippen LogP contribution in [0.15, 0.2) is 0 Å². The van der Waals surface area contributed by atoms with Crippen molar-refractivity contribution in [3.8, 4) is 0 Å². The molecule has 0 saturated carbocycles. The van der Waals surface area contributed by atoms with Crippen LogP contribution in [-0.2, 0) is 40.4 Å². The third-order valence-electron chi connectivity index (χ3n) is 0. The van der Waals surface area contributed by atoms with Crippen molar-refractivity contribution in [2.75, 3.05) is 0 Å². The minimum atomic E-state index is -3.81. The molecule has 1 radical (unpaired) electrons. The number of hydrogen-bond acceptors (Lipinski definition) is 2. The van der Waals surface area contributed by atoms with Crippen LogP contribution in [0.3, 0.4) is 0 Å². The third kappa shape index (κ3) is 431. The minimum Gasteiger partial charge on any atom is -0.325 e. The monoisotopic (exact) mass is 287 g/mol. The van der Waals surface area contributed by atoms with E-state index >= 15 is 0 Å². The Morgan fingerprint density at radius 3 is 0.636 bits per heavy atom. The van der Waals surface area contributed by atoms with Gasteiger partial charge in [-0.05, 0) is 23.6 Å². The molecule has 0 aliphatic heterocycles. The van der Waals surface area contributed by atoms with E-state index in [1.807, 2.05) is 0 Å². The molecule has 0 saturated heterocycles. The molecule has 11 heavy (non-hydrogen) atoms. The molecular weight excluding hydrogens is 281 g/mol. The largest absolute Gasteiger partial charge is 0.325 e. The van der Waals surface area contributed by atoms with Crippen LogP contribution >= 0.6 is 13.4 Å². The van der Waals surface area contributed by atoms with Crippen LogP contribution in [0.4, 0.5) is 0 Å². The summed E-state index contributed by atoms with van der Waals surface area (Å²) in [4.78, 5) is 45.3. The molecule has 11 heteroatoms. The molecule has 0 unspecified atom stereocenters. The predicted octanol–water partition coefficient (Wildman–Crippen LogP) is -1.63. The first-order valence-corrected chi connectivity index (χ1v) is 6.89. The molecule has 6 N–H and O–H groups in total. The molecule has 0 aliphatic carbocycles. The Morgan fingerprint density at radius 2 is 0.636 bits per heavy atom. The average molecular weight is 287 g/mol. The van der Waals surface area contributed by atoms with E-state index in [1.165, 1.54) is 0 Å². The van der Waals surface area contributed by atoms with Crippen LogP contribution in [0.1, 0.15) is 0 Å². The van der Waals surface area contributed by atoms with E-state index in [2.05, 4.69) is 23.6 Å². The second kappa shape index (κ2) is 7.02. The third-order valence-corrected chi connectivity index (χ3v) is 0. The normalized spacial score (nSPS) is 10.7. The Labute approximate surface area is 83.2 Å². The van der Waals surface area contributed by atoms with Gasteiger partial charge in [-0.3, -0.25) is 0 Å². The first kappa shape index (κ1) is 18.4. The summed E-state index contributed by atoms with van der Waals surface area (Å²) in [6.45, 7) is -7.61. The van der Waals surface area contributed by atoms with Crippen molar-refractivity contribution in [1.29, 1.82) is 0 Å². The predicted molar refractivity (Wildman–Crippen MR) is 41.9 cm³/mol. The Bertz CT molecular complexity index is 131. The van der Waals surface area contributed by atoms with Crippen LogP contribution in [-0.4, -0.2) is 29.4 Å². The molecule has 0 spiro atoms. The number of rotatable bonds is 0. The SMILES string of the molecule is OP(O)(O)=S.OP(O)(O)=S.[Co]. The Balaban J connectivity index is -0.000000107. The summed E-state index contributed by atoms with van der Waals surface area (Å²) in [5.41, 5.74) is 0. The van der Waals surface area contributed by atoms with Crippen molar-refractivity contribution >= 4 is 37.1 Å². The molecule has 6 nitrogen and oxygen atoms in total. The molecule has 0 heterocycles. The molecule has 0 amide bonds. The van der Waals surface area contributed by atoms with E-state index in [0.29, 0.717) is 0 Å². The fourth-order valence-electron chi connectivity index (χ4n) is 0. The summed E-state index contributed by atoms with van der Waals surface area (Å²) < 4.78 is 0. The Hall–Kier alpha value is 1.57. The van der Waals surface area contributed by atoms with Crippen molar-refractivity contribution in [3.05, 3.63) is 0 Å². The fraction of sp³-hybridized carbons (Fsp3) is 0. The molecule has 0 fully saturated rings. The van der Waals surface area contributed by atoms with Gasteiger partial charge in [-0.15, -0.1) is 0 Å². The van der Waals surface area contributed by atoms with Gasteiger partial charge in [0, 0.05) is 16.8 Å². The zero-order valence-corrected chi connectivity index (χ0v) is 9.19. The van der Waals surface area contributed by atoms with Gasteiger partial charge in [0.05, 0.1) is 0 Å². The average Bonchev–Trinajstić information content (AvgIpc) is 1.12. The molecule has 0 atom stereocenters. The zero-order chi connectivity index (χ0) is 9.00. The summed E-state index contributed by atoms with van der Waals surface area (Å²) in [7, 11) is 0. The van der Waals surface area contributed by atoms with Crippen LogP contribution in [0.25, 0.3) is 0 Å². The zero-order valence-electron chi connectivity index (χ0n) is 4.73. The van der Waals surface area contributed by atoms with Gasteiger partial charge >= 0.3 is 13.4 Å². The van der Waals surface area contributed by atoms with E-state index in [1.54, 1.807) is 0 Å². The van der Waals surface area contributed by atoms with E-state index in [-0.39, 0.29) is 16.8 Å². The molecule has 0 aromatic heterocycles. The molecule has 0 aromatic carbocycles. The van der Waals surface area contributed by atoms with Gasteiger partial charge in [0.15, 0.2) is 0 Å². The van der Waals surface area contributed by atoms with Crippen molar-refractivity contribution in [2.24, 2.45) is 0 Å². The van der Waals surface area contributed by atoms with Crippen LogP contribution in [0.5, 0.6) is 0 Å². The van der Waals surface area contributed by atoms with Gasteiger partial charge in [-0.2, -0.15) is 0 Å². The van der Waals surface area contributed by atoms with E-state index in [4.69, 9.17) is 29.4 Å². The van der Waals surface area contributed by atoms with Crippen molar-refractivity contribution < 1.29 is 46.1 Å². The minimum absolute atomic E-state index is 0. The quantitative estimate of drug-likeness (QED) is 0.294. The molecule has 0 bridgehead atoms. The van der Waals surface area contributed by atoms with Crippen LogP contribution in [0, 0.1) is 0 Å². The summed E-state index contributed by atoms with van der Waals surface area (Å²) in [6, 6.07) is 0. The van der Waals surface area contributed by atoms with Crippen molar-refractivity contribution in [1.82, 2.24) is 0 Å². The molecule has 0 rings (SSSR count). The molecule has 0 aromatic rings. The van der Waals surface area contributed by atoms with Gasteiger partial charge in [0.1, 0.15) is 0 Å². The van der Waals surface area contributed by atoms with E-state index in [0.717, 1.165) is 0 Å². The first-order valence-electron chi connectivity index (χ1n) is 1.57. The van der Waals surface area contributed by atoms with Crippen LogP contribution in [0.2, 0.25) is 0 Å². The second-order valence-corrected chi connectivity index (χ2v) is 6.02. The van der Waals surface area contributed by atoms with Crippen molar-refractivity contribution in [3.63, 3.8) is 0 Å². The summed E-state index contributed by atoms with van der Waals surface area (Å²) in [5, 5.41) is 0. The molecule has 73 valence electrons. The van der Waals surface area contributed by atoms with E-state index in [9.17, 15) is 0 Å². The topological polar surface area (TPSA) is 121 Å². The first-order chi connectivity index (χ1) is 4.00. The van der Waals surface area contributed by atoms with Crippen molar-refractivity contribution in [2.45, 2.75) is 0 Å². The fourth-order valence-corrected chi connectivity index (χ4v) is 0. The van der Waals surface area contributed by atoms with Gasteiger partial charge in [0.2, 0.25) is 0 Å². The maximum Gasteiger partial charge on any atom is 0.319 e. The maximum atomic E-state index is 7.56. The van der Waals surface area contributed by atoms with Gasteiger partial charge < -0.3 is 29.4 Å². The molecular formula is H6CoO6P2S2. The van der Waals surface area contributed by atoms with Gasteiger partial charge in [0.25, 0.3) is 0 Å². The van der Waals surface area contributed by atoms with Crippen LogP contribution < -0.4 is 0 Å². The summed E-state index contributed by atoms with van der Waals surface area (Å²) >= 11 is 7.21. The van der Waals surface area contributed by atoms with Gasteiger partial charge in [-0.25, -0.2) is 0 Å². The maximum absolute atomic E-state index is 7.56. The number of hydrogen-bond donors (Lipinski definition) is 6. The molecule has 0 aliphatic rings.